The number of ether oxygens (including phenoxy) is 1. The van der Waals surface area contributed by atoms with Crippen LogP contribution in [0.25, 0.3) is 0 Å². The molecular weight excluding hydrogens is 150 g/mol. The topological polar surface area (TPSA) is 12.5 Å². The highest BCUT2D eigenvalue weighted by atomic mass is 16.5. The first-order chi connectivity index (χ1) is 5.77. The van der Waals surface area contributed by atoms with Crippen LogP contribution < -0.4 is 0 Å². The lowest BCUT2D eigenvalue weighted by Gasteiger charge is -2.07. The van der Waals surface area contributed by atoms with Crippen LogP contribution in [0.3, 0.4) is 0 Å². The van der Waals surface area contributed by atoms with Gasteiger partial charge in [0, 0.05) is 13.7 Å². The minimum atomic E-state index is 0.910. The normalized spacial score (nSPS) is 9.50. The van der Waals surface area contributed by atoms with E-state index >= 15 is 0 Å². The molecule has 0 aliphatic heterocycles. The lowest BCUT2D eigenvalue weighted by molar-refractivity contribution is 0.191. The molecule has 0 aromatic heterocycles. The number of methoxy groups -OCH3 is 1. The van der Waals surface area contributed by atoms with Crippen molar-refractivity contribution in [2.45, 2.75) is 33.1 Å². The summed E-state index contributed by atoms with van der Waals surface area (Å²) >= 11 is 0. The van der Waals surface area contributed by atoms with Gasteiger partial charge in [0.1, 0.15) is 0 Å². The average Bonchev–Trinajstić information content (AvgIpc) is 2.07. The summed E-state index contributed by atoms with van der Waals surface area (Å²) in [6.07, 6.45) is 3.77. The second-order valence-corrected chi connectivity index (χ2v) is 2.86. The molecule has 0 amide bonds. The van der Waals surface area contributed by atoms with Gasteiger partial charge in [-0.3, -0.25) is 0 Å². The van der Waals surface area contributed by atoms with E-state index in [4.69, 9.17) is 4.74 Å². The molecule has 0 N–H and O–H groups in total. The van der Waals surface area contributed by atoms with Crippen LogP contribution in [0.4, 0.5) is 0 Å². The van der Waals surface area contributed by atoms with Crippen LogP contribution >= 0.6 is 0 Å². The zero-order valence-corrected chi connectivity index (χ0v) is 9.39. The van der Waals surface area contributed by atoms with E-state index in [2.05, 4.69) is 19.0 Å². The maximum Gasteiger partial charge on any atom is 0.0462 e. The van der Waals surface area contributed by atoms with Gasteiger partial charge in [-0.1, -0.05) is 13.8 Å². The molecule has 0 aromatic rings. The van der Waals surface area contributed by atoms with Crippen molar-refractivity contribution in [3.63, 3.8) is 0 Å². The molecule has 0 radical (unpaired) electrons. The first-order valence-corrected chi connectivity index (χ1v) is 4.91. The molecular formula is C10H25NO. The number of nitrogens with zero attached hydrogens (tertiary/aromatic N) is 1. The molecule has 0 rings (SSSR count). The van der Waals surface area contributed by atoms with Crippen LogP contribution in [0, 0.1) is 0 Å². The smallest absolute Gasteiger partial charge is 0.0462 e. The summed E-state index contributed by atoms with van der Waals surface area (Å²) in [4.78, 5) is 2.22. The van der Waals surface area contributed by atoms with E-state index in [1.165, 1.54) is 25.8 Å². The molecule has 0 spiro atoms. The van der Waals surface area contributed by atoms with E-state index in [1.807, 2.05) is 13.8 Å². The third-order valence-corrected chi connectivity index (χ3v) is 1.45. The maximum absolute atomic E-state index is 4.94. The summed E-state index contributed by atoms with van der Waals surface area (Å²) in [6, 6.07) is 0. The molecule has 0 aliphatic carbocycles. The molecule has 0 aliphatic rings. The van der Waals surface area contributed by atoms with E-state index in [0.29, 0.717) is 0 Å². The molecule has 0 bridgehead atoms. The Hall–Kier alpha value is -0.0800. The standard InChI is InChI=1S/C8H19NO.C2H6/c1-9(2)7-5-4-6-8-10-3;1-2/h4-8H2,1-3H3;1-2H3. The Morgan fingerprint density at radius 1 is 1.00 bits per heavy atom. The Bertz CT molecular complexity index is 64.9. The summed E-state index contributed by atoms with van der Waals surface area (Å²) in [5, 5.41) is 0. The van der Waals surface area contributed by atoms with Crippen molar-refractivity contribution >= 4 is 0 Å². The largest absolute Gasteiger partial charge is 0.385 e. The molecule has 0 saturated heterocycles. The Kier molecular flexibility index (Phi) is 16.3. The summed E-state index contributed by atoms with van der Waals surface area (Å²) in [7, 11) is 5.97. The molecule has 0 aromatic carbocycles. The molecule has 0 unspecified atom stereocenters. The second-order valence-electron chi connectivity index (χ2n) is 2.86. The van der Waals surface area contributed by atoms with E-state index < -0.39 is 0 Å². The van der Waals surface area contributed by atoms with Crippen molar-refractivity contribution in [1.29, 1.82) is 0 Å². The Balaban J connectivity index is 0. The summed E-state index contributed by atoms with van der Waals surface area (Å²) in [5.74, 6) is 0. The lowest BCUT2D eigenvalue weighted by Crippen LogP contribution is -2.12. The average molecular weight is 175 g/mol. The van der Waals surface area contributed by atoms with Crippen molar-refractivity contribution in [3.05, 3.63) is 0 Å². The van der Waals surface area contributed by atoms with Crippen molar-refractivity contribution in [3.8, 4) is 0 Å². The fourth-order valence-corrected chi connectivity index (χ4v) is 0.851. The van der Waals surface area contributed by atoms with E-state index in [0.717, 1.165) is 6.61 Å². The van der Waals surface area contributed by atoms with Gasteiger partial charge in [-0.2, -0.15) is 0 Å². The van der Waals surface area contributed by atoms with Gasteiger partial charge in [-0.25, -0.2) is 0 Å². The zero-order valence-electron chi connectivity index (χ0n) is 9.39. The predicted octanol–water partition coefficient (Wildman–Crippen LogP) is 2.39. The van der Waals surface area contributed by atoms with Crippen LogP contribution in [0.15, 0.2) is 0 Å². The molecule has 76 valence electrons. The van der Waals surface area contributed by atoms with E-state index in [1.54, 1.807) is 7.11 Å². The second kappa shape index (κ2) is 13.5. The highest BCUT2D eigenvalue weighted by Crippen LogP contribution is 1.95. The van der Waals surface area contributed by atoms with Crippen LogP contribution in [-0.2, 0) is 4.74 Å². The molecule has 0 atom stereocenters. The van der Waals surface area contributed by atoms with Gasteiger partial charge >= 0.3 is 0 Å². The summed E-state index contributed by atoms with van der Waals surface area (Å²) in [5.41, 5.74) is 0. The first kappa shape index (κ1) is 14.4. The van der Waals surface area contributed by atoms with Gasteiger partial charge in [0.2, 0.25) is 0 Å². The lowest BCUT2D eigenvalue weighted by atomic mass is 10.2. The van der Waals surface area contributed by atoms with Gasteiger partial charge < -0.3 is 9.64 Å². The zero-order chi connectivity index (χ0) is 9.82. The van der Waals surface area contributed by atoms with Crippen LogP contribution in [-0.4, -0.2) is 39.3 Å². The third-order valence-electron chi connectivity index (χ3n) is 1.45. The van der Waals surface area contributed by atoms with Gasteiger partial charge in [0.05, 0.1) is 0 Å². The van der Waals surface area contributed by atoms with E-state index in [-0.39, 0.29) is 0 Å². The highest BCUT2D eigenvalue weighted by molar-refractivity contribution is 4.45. The van der Waals surface area contributed by atoms with Crippen LogP contribution in [0.1, 0.15) is 33.1 Å². The Morgan fingerprint density at radius 3 is 2.00 bits per heavy atom. The van der Waals surface area contributed by atoms with Gasteiger partial charge in [-0.15, -0.1) is 0 Å². The maximum atomic E-state index is 4.94. The van der Waals surface area contributed by atoms with Crippen molar-refractivity contribution in [2.75, 3.05) is 34.4 Å². The van der Waals surface area contributed by atoms with Gasteiger partial charge in [0.25, 0.3) is 0 Å². The van der Waals surface area contributed by atoms with Crippen LogP contribution in [0.2, 0.25) is 0 Å². The Morgan fingerprint density at radius 2 is 1.58 bits per heavy atom. The van der Waals surface area contributed by atoms with Crippen LogP contribution in [0.5, 0.6) is 0 Å². The fraction of sp³-hybridized carbons (Fsp3) is 1.00. The van der Waals surface area contributed by atoms with Gasteiger partial charge in [-0.05, 0) is 39.9 Å². The minimum absolute atomic E-state index is 0.910. The predicted molar refractivity (Wildman–Crippen MR) is 55.6 cm³/mol. The number of rotatable bonds is 6. The first-order valence-electron chi connectivity index (χ1n) is 4.91. The molecule has 2 nitrogen and oxygen atoms in total. The minimum Gasteiger partial charge on any atom is -0.385 e. The fourth-order valence-electron chi connectivity index (χ4n) is 0.851. The summed E-state index contributed by atoms with van der Waals surface area (Å²) in [6.45, 7) is 6.11. The number of hydrogen-bond donors (Lipinski definition) is 0. The van der Waals surface area contributed by atoms with E-state index in [9.17, 15) is 0 Å². The molecule has 12 heavy (non-hydrogen) atoms. The molecule has 0 saturated carbocycles. The third kappa shape index (κ3) is 16.5. The number of hydrogen-bond acceptors (Lipinski definition) is 2. The van der Waals surface area contributed by atoms with Gasteiger partial charge in [0.15, 0.2) is 0 Å². The molecule has 2 heteroatoms. The number of unbranched alkanes of at least 4 members (excludes halogenated alkanes) is 2. The molecule has 0 fully saturated rings. The Labute approximate surface area is 77.9 Å². The van der Waals surface area contributed by atoms with Crippen molar-refractivity contribution in [1.82, 2.24) is 4.90 Å². The quantitative estimate of drug-likeness (QED) is 0.575. The SMILES string of the molecule is CC.COCCCCCN(C)C. The van der Waals surface area contributed by atoms with Crippen molar-refractivity contribution < 1.29 is 4.74 Å². The monoisotopic (exact) mass is 175 g/mol. The summed E-state index contributed by atoms with van der Waals surface area (Å²) < 4.78 is 4.94. The highest BCUT2D eigenvalue weighted by Gasteiger charge is 1.89. The molecule has 0 heterocycles. The van der Waals surface area contributed by atoms with Crippen molar-refractivity contribution in [2.24, 2.45) is 0 Å².